The summed E-state index contributed by atoms with van der Waals surface area (Å²) in [5.41, 5.74) is 1.87. The number of carbonyl (C=O) groups excluding carboxylic acids is 3. The van der Waals surface area contributed by atoms with E-state index in [4.69, 9.17) is 5.11 Å². The molecule has 0 aliphatic carbocycles. The lowest BCUT2D eigenvalue weighted by Crippen LogP contribution is -2.30. The SMILES string of the molecule is CCC(Sc1cccc(NC(=O)/C(=C/c2ccc(F)cc2)NC(=O)c2ccccc2)c1)C(=O)Nc1ccc(C(=O)O)cc1. The summed E-state index contributed by atoms with van der Waals surface area (Å²) in [6.45, 7) is 1.87. The number of halogens is 1. The molecule has 0 fully saturated rings. The molecule has 4 aromatic rings. The van der Waals surface area contributed by atoms with Crippen molar-refractivity contribution in [1.29, 1.82) is 0 Å². The third-order valence-corrected chi connectivity index (χ3v) is 7.50. The van der Waals surface area contributed by atoms with Gasteiger partial charge in [-0.2, -0.15) is 0 Å². The molecule has 218 valence electrons. The average molecular weight is 598 g/mol. The van der Waals surface area contributed by atoms with E-state index in [0.717, 1.165) is 4.90 Å². The zero-order valence-corrected chi connectivity index (χ0v) is 23.9. The topological polar surface area (TPSA) is 125 Å². The first-order chi connectivity index (χ1) is 20.7. The van der Waals surface area contributed by atoms with Crippen LogP contribution in [0.25, 0.3) is 6.08 Å². The fraction of sp³-hybridized carbons (Fsp3) is 0.0909. The number of nitrogens with one attached hydrogen (secondary N) is 3. The highest BCUT2D eigenvalue weighted by atomic mass is 32.2. The Balaban J connectivity index is 1.47. The number of anilines is 2. The molecule has 3 amide bonds. The van der Waals surface area contributed by atoms with Gasteiger partial charge >= 0.3 is 5.97 Å². The Morgan fingerprint density at radius 2 is 1.51 bits per heavy atom. The maximum Gasteiger partial charge on any atom is 0.335 e. The number of aromatic carboxylic acids is 1. The maximum absolute atomic E-state index is 13.4. The van der Waals surface area contributed by atoms with E-state index in [2.05, 4.69) is 16.0 Å². The molecule has 4 rings (SSSR count). The number of amides is 3. The van der Waals surface area contributed by atoms with Crippen LogP contribution in [0, 0.1) is 5.82 Å². The largest absolute Gasteiger partial charge is 0.478 e. The van der Waals surface area contributed by atoms with E-state index in [1.165, 1.54) is 66.4 Å². The zero-order chi connectivity index (χ0) is 30.8. The molecule has 0 aromatic heterocycles. The predicted octanol–water partition coefficient (Wildman–Crippen LogP) is 6.44. The summed E-state index contributed by atoms with van der Waals surface area (Å²) in [4.78, 5) is 50.9. The van der Waals surface area contributed by atoms with Crippen molar-refractivity contribution in [2.75, 3.05) is 10.6 Å². The van der Waals surface area contributed by atoms with Crippen LogP contribution in [0.15, 0.2) is 114 Å². The van der Waals surface area contributed by atoms with Gasteiger partial charge in [0.2, 0.25) is 5.91 Å². The minimum absolute atomic E-state index is 0.0433. The Kier molecular flexibility index (Phi) is 10.4. The second-order valence-electron chi connectivity index (χ2n) is 9.30. The van der Waals surface area contributed by atoms with Gasteiger partial charge in [-0.15, -0.1) is 11.8 Å². The van der Waals surface area contributed by atoms with Crippen LogP contribution < -0.4 is 16.0 Å². The highest BCUT2D eigenvalue weighted by molar-refractivity contribution is 8.00. The van der Waals surface area contributed by atoms with Crippen LogP contribution in [0.4, 0.5) is 15.8 Å². The van der Waals surface area contributed by atoms with Crippen molar-refractivity contribution in [3.63, 3.8) is 0 Å². The summed E-state index contributed by atoms with van der Waals surface area (Å²) < 4.78 is 13.4. The number of thioether (sulfide) groups is 1. The van der Waals surface area contributed by atoms with E-state index in [9.17, 15) is 23.6 Å². The van der Waals surface area contributed by atoms with Crippen LogP contribution in [0.3, 0.4) is 0 Å². The monoisotopic (exact) mass is 597 g/mol. The van der Waals surface area contributed by atoms with E-state index in [1.807, 2.05) is 13.0 Å². The summed E-state index contributed by atoms with van der Waals surface area (Å²) in [5, 5.41) is 16.8. The van der Waals surface area contributed by atoms with Gasteiger partial charge in [0.15, 0.2) is 0 Å². The second-order valence-corrected chi connectivity index (χ2v) is 10.6. The van der Waals surface area contributed by atoms with Crippen molar-refractivity contribution >= 4 is 52.9 Å². The normalized spacial score (nSPS) is 11.7. The number of benzene rings is 4. The first kappa shape index (κ1) is 30.7. The summed E-state index contributed by atoms with van der Waals surface area (Å²) in [6, 6.07) is 26.8. The smallest absolute Gasteiger partial charge is 0.335 e. The van der Waals surface area contributed by atoms with Crippen molar-refractivity contribution in [1.82, 2.24) is 5.32 Å². The van der Waals surface area contributed by atoms with Crippen molar-refractivity contribution in [3.05, 3.63) is 131 Å². The van der Waals surface area contributed by atoms with Gasteiger partial charge in [-0.3, -0.25) is 14.4 Å². The summed E-state index contributed by atoms with van der Waals surface area (Å²) in [6.07, 6.45) is 1.96. The van der Waals surface area contributed by atoms with Crippen LogP contribution in [0.5, 0.6) is 0 Å². The Morgan fingerprint density at radius 1 is 0.814 bits per heavy atom. The third kappa shape index (κ3) is 8.88. The minimum Gasteiger partial charge on any atom is -0.478 e. The number of carboxylic acids is 1. The van der Waals surface area contributed by atoms with Gasteiger partial charge in [-0.1, -0.05) is 43.3 Å². The fourth-order valence-corrected chi connectivity index (χ4v) is 4.93. The molecule has 8 nitrogen and oxygen atoms in total. The summed E-state index contributed by atoms with van der Waals surface area (Å²) >= 11 is 1.31. The second kappa shape index (κ2) is 14.6. The van der Waals surface area contributed by atoms with Crippen molar-refractivity contribution in [2.24, 2.45) is 0 Å². The van der Waals surface area contributed by atoms with Gasteiger partial charge < -0.3 is 21.1 Å². The maximum atomic E-state index is 13.4. The Morgan fingerprint density at radius 3 is 2.16 bits per heavy atom. The molecule has 0 aliphatic heterocycles. The molecule has 1 unspecified atom stereocenters. The van der Waals surface area contributed by atoms with Crippen LogP contribution in [-0.2, 0) is 9.59 Å². The van der Waals surface area contributed by atoms with E-state index in [0.29, 0.717) is 28.9 Å². The molecule has 10 heteroatoms. The first-order valence-electron chi connectivity index (χ1n) is 13.3. The van der Waals surface area contributed by atoms with Gasteiger partial charge in [-0.25, -0.2) is 9.18 Å². The van der Waals surface area contributed by atoms with Crippen LogP contribution in [0.2, 0.25) is 0 Å². The van der Waals surface area contributed by atoms with Crippen molar-refractivity contribution in [3.8, 4) is 0 Å². The van der Waals surface area contributed by atoms with Crippen LogP contribution >= 0.6 is 11.8 Å². The molecule has 4 N–H and O–H groups in total. The van der Waals surface area contributed by atoms with E-state index in [1.54, 1.807) is 48.5 Å². The lowest BCUT2D eigenvalue weighted by Gasteiger charge is -2.16. The number of carbonyl (C=O) groups is 4. The quantitative estimate of drug-likeness (QED) is 0.116. The molecule has 43 heavy (non-hydrogen) atoms. The molecule has 0 saturated carbocycles. The number of hydrogen-bond donors (Lipinski definition) is 4. The Hall–Kier alpha value is -5.22. The van der Waals surface area contributed by atoms with Gasteiger partial charge in [0.25, 0.3) is 11.8 Å². The van der Waals surface area contributed by atoms with Gasteiger partial charge in [0, 0.05) is 21.8 Å². The van der Waals surface area contributed by atoms with Crippen molar-refractivity contribution in [2.45, 2.75) is 23.5 Å². The van der Waals surface area contributed by atoms with Crippen molar-refractivity contribution < 1.29 is 28.7 Å². The van der Waals surface area contributed by atoms with E-state index >= 15 is 0 Å². The van der Waals surface area contributed by atoms with Gasteiger partial charge in [0.1, 0.15) is 11.5 Å². The fourth-order valence-electron chi connectivity index (χ4n) is 3.92. The van der Waals surface area contributed by atoms with Crippen LogP contribution in [-0.4, -0.2) is 34.0 Å². The number of carboxylic acid groups (broad SMARTS) is 1. The zero-order valence-electron chi connectivity index (χ0n) is 23.0. The molecule has 1 atom stereocenters. The molecule has 0 bridgehead atoms. The minimum atomic E-state index is -1.05. The molecule has 0 saturated heterocycles. The van der Waals surface area contributed by atoms with E-state index < -0.39 is 28.9 Å². The van der Waals surface area contributed by atoms with Gasteiger partial charge in [-0.05, 0) is 84.8 Å². The number of hydrogen-bond acceptors (Lipinski definition) is 5. The lowest BCUT2D eigenvalue weighted by atomic mass is 10.1. The number of rotatable bonds is 11. The first-order valence-corrected chi connectivity index (χ1v) is 14.2. The molecular formula is C33H28FN3O5S. The molecular weight excluding hydrogens is 569 g/mol. The van der Waals surface area contributed by atoms with Gasteiger partial charge in [0.05, 0.1) is 10.8 Å². The Bertz CT molecular complexity index is 1640. The lowest BCUT2D eigenvalue weighted by molar-refractivity contribution is -0.116. The summed E-state index contributed by atoms with van der Waals surface area (Å²) in [7, 11) is 0. The third-order valence-electron chi connectivity index (χ3n) is 6.14. The molecule has 0 spiro atoms. The molecule has 4 aromatic carbocycles. The standard InChI is InChI=1S/C33H28FN3O5S/c1-2-29(32(40)35-25-17-13-23(14-18-25)33(41)42)43-27-10-6-9-26(20-27)36-31(39)28(19-21-11-15-24(34)16-12-21)37-30(38)22-7-4-3-5-8-22/h3-20,29H,2H2,1H3,(H,35,40)(H,36,39)(H,37,38)(H,41,42)/b28-19-. The molecule has 0 aliphatic rings. The average Bonchev–Trinajstić information content (AvgIpc) is 3.01. The molecule has 0 heterocycles. The Labute approximate surface area is 252 Å². The highest BCUT2D eigenvalue weighted by Crippen LogP contribution is 2.29. The van der Waals surface area contributed by atoms with E-state index in [-0.39, 0.29) is 17.2 Å². The van der Waals surface area contributed by atoms with Crippen LogP contribution in [0.1, 0.15) is 39.6 Å². The summed E-state index contributed by atoms with van der Waals surface area (Å²) in [5.74, 6) is -2.81. The predicted molar refractivity (Wildman–Crippen MR) is 165 cm³/mol. The molecule has 0 radical (unpaired) electrons. The highest BCUT2D eigenvalue weighted by Gasteiger charge is 2.20.